The lowest BCUT2D eigenvalue weighted by Crippen LogP contribution is -2.35. The van der Waals surface area contributed by atoms with E-state index in [1.165, 1.54) is 13.2 Å². The summed E-state index contributed by atoms with van der Waals surface area (Å²) in [7, 11) is 1.46. The van der Waals surface area contributed by atoms with Crippen LogP contribution < -0.4 is 10.1 Å². The molecule has 25 heavy (non-hydrogen) atoms. The molecule has 2 unspecified atom stereocenters. The molecule has 0 aromatic heterocycles. The van der Waals surface area contributed by atoms with Gasteiger partial charge in [0.1, 0.15) is 24.6 Å². The van der Waals surface area contributed by atoms with Crippen molar-refractivity contribution in [3.8, 4) is 5.75 Å². The molecule has 2 aromatic rings. The third-order valence-corrected chi connectivity index (χ3v) is 3.86. The molecule has 134 valence electrons. The van der Waals surface area contributed by atoms with Gasteiger partial charge in [0.25, 0.3) is 0 Å². The van der Waals surface area contributed by atoms with Gasteiger partial charge in [-0.15, -0.1) is 0 Å². The number of hydrogen-bond acceptors (Lipinski definition) is 5. The minimum atomic E-state index is -1.21. The summed E-state index contributed by atoms with van der Waals surface area (Å²) in [6.07, 6.45) is -3.10. The van der Waals surface area contributed by atoms with Crippen LogP contribution in [0.25, 0.3) is 0 Å². The smallest absolute Gasteiger partial charge is 0.407 e. The van der Waals surface area contributed by atoms with Gasteiger partial charge in [0.05, 0.1) is 12.1 Å². The zero-order valence-electron chi connectivity index (χ0n) is 13.7. The Kier molecular flexibility index (Phi) is 7.06. The number of hydrogen-bond donors (Lipinski definition) is 3. The van der Waals surface area contributed by atoms with Crippen molar-refractivity contribution in [1.82, 2.24) is 5.32 Å². The molecule has 0 radical (unpaired) electrons. The summed E-state index contributed by atoms with van der Waals surface area (Å²) in [5.74, 6) is 0.389. The van der Waals surface area contributed by atoms with Gasteiger partial charge < -0.3 is 25.0 Å². The molecule has 2 rings (SSSR count). The number of aliphatic hydroxyl groups excluding tert-OH is 2. The number of methoxy groups -OCH3 is 1. The summed E-state index contributed by atoms with van der Waals surface area (Å²) < 4.78 is 10.1. The van der Waals surface area contributed by atoms with Crippen LogP contribution in [-0.4, -0.2) is 36.1 Å². The summed E-state index contributed by atoms with van der Waals surface area (Å²) in [6, 6.07) is 13.9. The Morgan fingerprint density at radius 2 is 1.92 bits per heavy atom. The predicted molar refractivity (Wildman–Crippen MR) is 93.6 cm³/mol. The number of rotatable bonds is 7. The van der Waals surface area contributed by atoms with Gasteiger partial charge in [0.2, 0.25) is 0 Å². The lowest BCUT2D eigenvalue weighted by molar-refractivity contribution is 0.0183. The molecule has 0 saturated carbocycles. The normalized spacial score (nSPS) is 13.0. The van der Waals surface area contributed by atoms with Crippen LogP contribution in [0.3, 0.4) is 0 Å². The van der Waals surface area contributed by atoms with E-state index in [0.29, 0.717) is 16.3 Å². The third kappa shape index (κ3) is 5.63. The minimum absolute atomic E-state index is 0.125. The van der Waals surface area contributed by atoms with Gasteiger partial charge in [-0.3, -0.25) is 0 Å². The van der Waals surface area contributed by atoms with Crippen LogP contribution in [0.15, 0.2) is 48.5 Å². The first-order chi connectivity index (χ1) is 12.0. The second-order valence-electron chi connectivity index (χ2n) is 5.35. The zero-order valence-corrected chi connectivity index (χ0v) is 14.4. The van der Waals surface area contributed by atoms with Crippen LogP contribution in [0.5, 0.6) is 5.75 Å². The van der Waals surface area contributed by atoms with Crippen LogP contribution >= 0.6 is 11.6 Å². The van der Waals surface area contributed by atoms with Crippen LogP contribution in [0.2, 0.25) is 5.02 Å². The summed E-state index contributed by atoms with van der Waals surface area (Å²) >= 11 is 5.93. The number of carbonyl (C=O) groups is 1. The highest BCUT2D eigenvalue weighted by atomic mass is 35.5. The Morgan fingerprint density at radius 1 is 1.20 bits per heavy atom. The lowest BCUT2D eigenvalue weighted by atomic mass is 10.0. The Labute approximate surface area is 151 Å². The van der Waals surface area contributed by atoms with E-state index in [0.717, 1.165) is 5.56 Å². The van der Waals surface area contributed by atoms with Gasteiger partial charge in [0.15, 0.2) is 0 Å². The van der Waals surface area contributed by atoms with Gasteiger partial charge in [-0.1, -0.05) is 48.0 Å². The Bertz CT molecular complexity index is 695. The molecule has 0 spiro atoms. The van der Waals surface area contributed by atoms with Crippen LogP contribution in [0.4, 0.5) is 4.79 Å². The molecule has 3 N–H and O–H groups in total. The van der Waals surface area contributed by atoms with Gasteiger partial charge in [-0.2, -0.15) is 0 Å². The maximum absolute atomic E-state index is 11.7. The van der Waals surface area contributed by atoms with Crippen LogP contribution in [0, 0.1) is 0 Å². The number of benzene rings is 2. The minimum Gasteiger partial charge on any atom is -0.495 e. The average molecular weight is 366 g/mol. The van der Waals surface area contributed by atoms with E-state index in [-0.39, 0.29) is 13.2 Å². The second-order valence-corrected chi connectivity index (χ2v) is 5.76. The molecule has 0 fully saturated rings. The molecule has 2 atom stereocenters. The number of carbonyl (C=O) groups excluding carboxylic acids is 1. The van der Waals surface area contributed by atoms with E-state index in [1.54, 1.807) is 12.1 Å². The van der Waals surface area contributed by atoms with Crippen molar-refractivity contribution in [3.05, 3.63) is 64.7 Å². The number of ether oxygens (including phenoxy) is 2. The van der Waals surface area contributed by atoms with Crippen molar-refractivity contribution >= 4 is 17.7 Å². The molecule has 0 heterocycles. The molecule has 2 aromatic carbocycles. The van der Waals surface area contributed by atoms with Crippen molar-refractivity contribution in [2.24, 2.45) is 0 Å². The van der Waals surface area contributed by atoms with Gasteiger partial charge in [-0.25, -0.2) is 4.79 Å². The largest absolute Gasteiger partial charge is 0.495 e. The molecule has 7 heteroatoms. The number of nitrogens with one attached hydrogen (secondary N) is 1. The quantitative estimate of drug-likeness (QED) is 0.702. The van der Waals surface area contributed by atoms with E-state index < -0.39 is 18.3 Å². The average Bonchev–Trinajstić information content (AvgIpc) is 2.65. The van der Waals surface area contributed by atoms with Crippen molar-refractivity contribution in [3.63, 3.8) is 0 Å². The molecule has 0 aliphatic heterocycles. The first-order valence-electron chi connectivity index (χ1n) is 7.65. The van der Waals surface area contributed by atoms with Crippen molar-refractivity contribution < 1.29 is 24.5 Å². The maximum Gasteiger partial charge on any atom is 0.407 e. The van der Waals surface area contributed by atoms with Crippen molar-refractivity contribution in [1.29, 1.82) is 0 Å². The molecular weight excluding hydrogens is 346 g/mol. The fraction of sp³-hybridized carbons (Fsp3) is 0.278. The Hall–Kier alpha value is -2.28. The zero-order chi connectivity index (χ0) is 18.2. The highest BCUT2D eigenvalue weighted by Gasteiger charge is 2.20. The van der Waals surface area contributed by atoms with Gasteiger partial charge in [-0.05, 0) is 23.3 Å². The lowest BCUT2D eigenvalue weighted by Gasteiger charge is -2.19. The highest BCUT2D eigenvalue weighted by molar-refractivity contribution is 6.32. The number of alkyl carbamates (subject to hydrolysis) is 1. The molecule has 0 aliphatic carbocycles. The molecule has 0 aliphatic rings. The first-order valence-corrected chi connectivity index (χ1v) is 8.03. The topological polar surface area (TPSA) is 88.0 Å². The number of halogens is 1. The summed E-state index contributed by atoms with van der Waals surface area (Å²) in [5.41, 5.74) is 1.28. The second kappa shape index (κ2) is 9.27. The number of aliphatic hydroxyl groups is 2. The molecule has 6 nitrogen and oxygen atoms in total. The van der Waals surface area contributed by atoms with E-state index in [2.05, 4.69) is 5.32 Å². The molecule has 0 bridgehead atoms. The van der Waals surface area contributed by atoms with Crippen molar-refractivity contribution in [2.45, 2.75) is 18.8 Å². The Morgan fingerprint density at radius 3 is 2.60 bits per heavy atom. The van der Waals surface area contributed by atoms with E-state index in [9.17, 15) is 15.0 Å². The van der Waals surface area contributed by atoms with Crippen molar-refractivity contribution in [2.75, 3.05) is 13.7 Å². The number of amides is 1. The van der Waals surface area contributed by atoms with E-state index in [4.69, 9.17) is 21.1 Å². The molecule has 1 amide bonds. The van der Waals surface area contributed by atoms with E-state index in [1.807, 2.05) is 30.3 Å². The van der Waals surface area contributed by atoms with Gasteiger partial charge in [0, 0.05) is 6.54 Å². The first kappa shape index (κ1) is 19.1. The van der Waals surface area contributed by atoms with Crippen LogP contribution in [0.1, 0.15) is 17.2 Å². The summed E-state index contributed by atoms with van der Waals surface area (Å²) in [5, 5.41) is 23.0. The summed E-state index contributed by atoms with van der Waals surface area (Å²) in [6.45, 7) is -0.0422. The van der Waals surface area contributed by atoms with E-state index >= 15 is 0 Å². The fourth-order valence-electron chi connectivity index (χ4n) is 2.16. The predicted octanol–water partition coefficient (Wildman–Crippen LogP) is 2.67. The standard InChI is InChI=1S/C18H20ClNO5/c1-24-16-9-13(7-8-14(16)19)17(22)15(21)10-20-18(23)25-11-12-5-3-2-4-6-12/h2-9,15,17,21-22H,10-11H2,1H3,(H,20,23). The van der Waals surface area contributed by atoms with Gasteiger partial charge >= 0.3 is 6.09 Å². The third-order valence-electron chi connectivity index (χ3n) is 3.55. The highest BCUT2D eigenvalue weighted by Crippen LogP contribution is 2.28. The SMILES string of the molecule is COc1cc(C(O)C(O)CNC(=O)OCc2ccccc2)ccc1Cl. The molecular formula is C18H20ClNO5. The maximum atomic E-state index is 11.7. The fourth-order valence-corrected chi connectivity index (χ4v) is 2.35. The monoisotopic (exact) mass is 365 g/mol. The molecule has 0 saturated heterocycles. The summed E-state index contributed by atoms with van der Waals surface area (Å²) in [4.78, 5) is 11.7. The Balaban J connectivity index is 1.82. The van der Waals surface area contributed by atoms with Crippen LogP contribution in [-0.2, 0) is 11.3 Å².